The predicted molar refractivity (Wildman–Crippen MR) is 114 cm³/mol. The molecule has 0 unspecified atom stereocenters. The molecule has 1 heterocycles. The summed E-state index contributed by atoms with van der Waals surface area (Å²) < 4.78 is 45.8. The van der Waals surface area contributed by atoms with Crippen LogP contribution in [0.5, 0.6) is 5.75 Å². The van der Waals surface area contributed by atoms with E-state index in [2.05, 4.69) is 16.8 Å². The minimum Gasteiger partial charge on any atom is -0.495 e. The second-order valence-corrected chi connectivity index (χ2v) is 7.06. The van der Waals surface area contributed by atoms with Crippen LogP contribution in [-0.4, -0.2) is 12.1 Å². The maximum Gasteiger partial charge on any atom is 0.195 e. The molecule has 0 fully saturated rings. The van der Waals surface area contributed by atoms with E-state index in [0.717, 1.165) is 35.9 Å². The van der Waals surface area contributed by atoms with Crippen molar-refractivity contribution in [3.63, 3.8) is 0 Å². The van der Waals surface area contributed by atoms with Crippen molar-refractivity contribution >= 4 is 10.8 Å². The van der Waals surface area contributed by atoms with E-state index in [1.165, 1.54) is 11.6 Å². The minimum atomic E-state index is -1.46. The zero-order chi connectivity index (χ0) is 21.8. The van der Waals surface area contributed by atoms with Gasteiger partial charge in [0.15, 0.2) is 17.5 Å². The summed E-state index contributed by atoms with van der Waals surface area (Å²) in [6.45, 7) is 0. The Morgan fingerprint density at radius 3 is 2.26 bits per heavy atom. The van der Waals surface area contributed by atoms with Gasteiger partial charge in [0.2, 0.25) is 0 Å². The summed E-state index contributed by atoms with van der Waals surface area (Å²) in [5.41, 5.74) is 3.58. The molecule has 0 amide bonds. The highest BCUT2D eigenvalue weighted by Gasteiger charge is 2.13. The van der Waals surface area contributed by atoms with Crippen molar-refractivity contribution in [3.8, 4) is 17.6 Å². The normalized spacial score (nSPS) is 10.6. The largest absolute Gasteiger partial charge is 0.495 e. The Balaban J connectivity index is 1.45. The first-order chi connectivity index (χ1) is 15.0. The van der Waals surface area contributed by atoms with Gasteiger partial charge >= 0.3 is 0 Å². The number of hydrogen-bond donors (Lipinski definition) is 0. The highest BCUT2D eigenvalue weighted by molar-refractivity contribution is 5.84. The van der Waals surface area contributed by atoms with Crippen LogP contribution >= 0.6 is 0 Å². The molecule has 1 aromatic heterocycles. The Bertz CT molecular complexity index is 1290. The van der Waals surface area contributed by atoms with Crippen molar-refractivity contribution in [2.75, 3.05) is 7.11 Å². The molecule has 154 valence electrons. The van der Waals surface area contributed by atoms with E-state index in [-0.39, 0.29) is 10.8 Å². The summed E-state index contributed by atoms with van der Waals surface area (Å²) in [6.07, 6.45) is 3.38. The highest BCUT2D eigenvalue weighted by Crippen LogP contribution is 2.24. The molecule has 4 aromatic rings. The molecule has 31 heavy (non-hydrogen) atoms. The van der Waals surface area contributed by atoms with Crippen molar-refractivity contribution in [3.05, 3.63) is 107 Å². The van der Waals surface area contributed by atoms with Gasteiger partial charge in [0.1, 0.15) is 5.75 Å². The molecule has 4 rings (SSSR count). The second kappa shape index (κ2) is 8.93. The average Bonchev–Trinajstić information content (AvgIpc) is 2.81. The summed E-state index contributed by atoms with van der Waals surface area (Å²) in [7, 11) is 1.61. The third-order valence-corrected chi connectivity index (χ3v) is 4.98. The smallest absolute Gasteiger partial charge is 0.195 e. The molecule has 2 nitrogen and oxygen atoms in total. The van der Waals surface area contributed by atoms with Crippen molar-refractivity contribution in [1.82, 2.24) is 4.98 Å². The molecule has 0 spiro atoms. The third-order valence-electron chi connectivity index (χ3n) is 4.98. The van der Waals surface area contributed by atoms with E-state index in [4.69, 9.17) is 4.74 Å². The Labute approximate surface area is 178 Å². The van der Waals surface area contributed by atoms with Gasteiger partial charge in [-0.3, -0.25) is 4.98 Å². The van der Waals surface area contributed by atoms with Crippen molar-refractivity contribution in [1.29, 1.82) is 0 Å². The molecule has 0 atom stereocenters. The molecular weight excluding hydrogens is 399 g/mol. The number of aryl methyl sites for hydroxylation is 2. The number of pyridine rings is 1. The average molecular weight is 417 g/mol. The van der Waals surface area contributed by atoms with E-state index < -0.39 is 17.5 Å². The Hall–Kier alpha value is -3.78. The molecular formula is C26H18F3NO. The number of fused-ring (bicyclic) bond motifs is 1. The highest BCUT2D eigenvalue weighted by atomic mass is 19.2. The maximum atomic E-state index is 13.8. The lowest BCUT2D eigenvalue weighted by Crippen LogP contribution is -1.95. The van der Waals surface area contributed by atoms with Gasteiger partial charge < -0.3 is 4.74 Å². The summed E-state index contributed by atoms with van der Waals surface area (Å²) in [4.78, 5) is 4.37. The number of ether oxygens (including phenoxy) is 1. The first-order valence-corrected chi connectivity index (χ1v) is 9.70. The summed E-state index contributed by atoms with van der Waals surface area (Å²) >= 11 is 0. The van der Waals surface area contributed by atoms with Crippen LogP contribution in [-0.2, 0) is 12.8 Å². The Morgan fingerprint density at radius 2 is 1.55 bits per heavy atom. The molecule has 3 aromatic carbocycles. The summed E-state index contributed by atoms with van der Waals surface area (Å²) in [5, 5.41) is 0.297. The first kappa shape index (κ1) is 20.5. The zero-order valence-corrected chi connectivity index (χ0v) is 16.8. The fourth-order valence-corrected chi connectivity index (χ4v) is 3.23. The molecule has 0 saturated carbocycles. The van der Waals surface area contributed by atoms with Crippen molar-refractivity contribution in [2.24, 2.45) is 0 Å². The van der Waals surface area contributed by atoms with E-state index in [9.17, 15) is 13.2 Å². The van der Waals surface area contributed by atoms with Crippen LogP contribution in [0.3, 0.4) is 0 Å². The van der Waals surface area contributed by atoms with Crippen LogP contribution in [0.2, 0.25) is 0 Å². The van der Waals surface area contributed by atoms with Gasteiger partial charge in [-0.1, -0.05) is 30.0 Å². The number of aromatic nitrogens is 1. The van der Waals surface area contributed by atoms with Crippen LogP contribution in [0.1, 0.15) is 22.4 Å². The number of hydrogen-bond acceptors (Lipinski definition) is 2. The van der Waals surface area contributed by atoms with E-state index in [1.807, 2.05) is 36.4 Å². The monoisotopic (exact) mass is 417 g/mol. The molecule has 0 aliphatic heterocycles. The topological polar surface area (TPSA) is 22.1 Å². The molecule has 0 bridgehead atoms. The standard InChI is InChI=1S/C26H18F3NO/c1-31-22-12-11-21(30-16-22)10-8-18-4-2-17(3-5-18)6-7-19-9-13-23-20(14-19)15-24(27)26(29)25(23)28/h2-5,9,11-16H,8,10H2,1H3. The van der Waals surface area contributed by atoms with E-state index in [1.54, 1.807) is 25.4 Å². The van der Waals surface area contributed by atoms with Crippen molar-refractivity contribution < 1.29 is 17.9 Å². The number of benzene rings is 3. The fourth-order valence-electron chi connectivity index (χ4n) is 3.23. The van der Waals surface area contributed by atoms with Crippen LogP contribution in [0, 0.1) is 29.3 Å². The van der Waals surface area contributed by atoms with Gasteiger partial charge in [-0.25, -0.2) is 13.2 Å². The zero-order valence-electron chi connectivity index (χ0n) is 16.8. The van der Waals surface area contributed by atoms with Gasteiger partial charge in [0.05, 0.1) is 13.3 Å². The maximum absolute atomic E-state index is 13.8. The fraction of sp³-hybridized carbons (Fsp3) is 0.115. The van der Waals surface area contributed by atoms with Crippen LogP contribution < -0.4 is 4.74 Å². The minimum absolute atomic E-state index is 0.0279. The number of methoxy groups -OCH3 is 1. The van der Waals surface area contributed by atoms with E-state index in [0.29, 0.717) is 5.56 Å². The van der Waals surface area contributed by atoms with Gasteiger partial charge in [-0.15, -0.1) is 0 Å². The molecule has 0 radical (unpaired) electrons. The molecule has 0 saturated heterocycles. The van der Waals surface area contributed by atoms with Gasteiger partial charge in [-0.2, -0.15) is 0 Å². The number of rotatable bonds is 4. The number of halogens is 3. The second-order valence-electron chi connectivity index (χ2n) is 7.06. The molecule has 0 aliphatic rings. The van der Waals surface area contributed by atoms with Gasteiger partial charge in [-0.05, 0) is 66.3 Å². The lowest BCUT2D eigenvalue weighted by Gasteiger charge is -2.04. The Morgan fingerprint density at radius 1 is 0.806 bits per heavy atom. The molecule has 0 aliphatic carbocycles. The van der Waals surface area contributed by atoms with Crippen LogP contribution in [0.15, 0.2) is 66.9 Å². The third kappa shape index (κ3) is 4.70. The first-order valence-electron chi connectivity index (χ1n) is 9.70. The van der Waals surface area contributed by atoms with Crippen LogP contribution in [0.25, 0.3) is 10.8 Å². The Kier molecular flexibility index (Phi) is 5.90. The van der Waals surface area contributed by atoms with E-state index >= 15 is 0 Å². The number of nitrogens with zero attached hydrogens (tertiary/aromatic N) is 1. The van der Waals surface area contributed by atoms with Gasteiger partial charge in [0.25, 0.3) is 0 Å². The SMILES string of the molecule is COc1ccc(CCc2ccc(C#Cc3ccc4c(F)c(F)c(F)cc4c3)cc2)nc1. The molecule has 5 heteroatoms. The van der Waals surface area contributed by atoms with Crippen LogP contribution in [0.4, 0.5) is 13.2 Å². The summed E-state index contributed by atoms with van der Waals surface area (Å²) in [6, 6.07) is 17.3. The van der Waals surface area contributed by atoms with Crippen molar-refractivity contribution in [2.45, 2.75) is 12.8 Å². The predicted octanol–water partition coefficient (Wildman–Crippen LogP) is 5.85. The van der Waals surface area contributed by atoms with Gasteiger partial charge in [0, 0.05) is 22.2 Å². The lowest BCUT2D eigenvalue weighted by molar-refractivity contribution is 0.412. The summed E-state index contributed by atoms with van der Waals surface area (Å²) in [5.74, 6) is 2.90. The quantitative estimate of drug-likeness (QED) is 0.307. The molecule has 0 N–H and O–H groups in total. The lowest BCUT2D eigenvalue weighted by atomic mass is 10.0.